The molecule has 2 aliphatic rings. The first kappa shape index (κ1) is 17.2. The van der Waals surface area contributed by atoms with Crippen LogP contribution in [0.15, 0.2) is 18.2 Å². The molecule has 2 atom stereocenters. The number of piperazine rings is 1. The lowest BCUT2D eigenvalue weighted by Gasteiger charge is -2.37. The fourth-order valence-corrected chi connectivity index (χ4v) is 3.61. The van der Waals surface area contributed by atoms with Crippen molar-refractivity contribution in [3.63, 3.8) is 0 Å². The van der Waals surface area contributed by atoms with E-state index in [2.05, 4.69) is 27.4 Å². The van der Waals surface area contributed by atoms with Gasteiger partial charge in [0, 0.05) is 44.5 Å². The van der Waals surface area contributed by atoms with Crippen molar-refractivity contribution >= 4 is 11.6 Å². The second kappa shape index (κ2) is 7.49. The van der Waals surface area contributed by atoms with Gasteiger partial charge in [-0.3, -0.25) is 10.1 Å². The van der Waals surface area contributed by atoms with E-state index in [0.29, 0.717) is 6.54 Å². The molecule has 0 unspecified atom stereocenters. The van der Waals surface area contributed by atoms with Crippen LogP contribution in [0.4, 0.5) is 10.1 Å². The van der Waals surface area contributed by atoms with Gasteiger partial charge in [0.05, 0.1) is 6.04 Å². The normalized spacial score (nSPS) is 23.4. The van der Waals surface area contributed by atoms with E-state index >= 15 is 0 Å². The van der Waals surface area contributed by atoms with E-state index < -0.39 is 0 Å². The van der Waals surface area contributed by atoms with Crippen molar-refractivity contribution in [2.45, 2.75) is 32.4 Å². The fourth-order valence-electron chi connectivity index (χ4n) is 3.61. The van der Waals surface area contributed by atoms with E-state index in [9.17, 15) is 9.18 Å². The predicted molar refractivity (Wildman–Crippen MR) is 93.7 cm³/mol. The zero-order chi connectivity index (χ0) is 17.1. The number of carbonyl (C=O) groups excluding carboxylic acids is 1. The Balaban J connectivity index is 1.76. The van der Waals surface area contributed by atoms with Crippen LogP contribution in [-0.2, 0) is 4.79 Å². The van der Waals surface area contributed by atoms with Crippen LogP contribution in [0, 0.1) is 5.82 Å². The van der Waals surface area contributed by atoms with Crippen LogP contribution in [0.25, 0.3) is 0 Å². The van der Waals surface area contributed by atoms with Gasteiger partial charge in [-0.2, -0.15) is 0 Å². The molecule has 0 aliphatic carbocycles. The molecule has 1 amide bonds. The average Bonchev–Trinajstić information content (AvgIpc) is 3.00. The lowest BCUT2D eigenvalue weighted by Crippen LogP contribution is -2.46. The molecule has 0 spiro atoms. The molecule has 6 heteroatoms. The van der Waals surface area contributed by atoms with E-state index in [0.717, 1.165) is 50.4 Å². The van der Waals surface area contributed by atoms with Gasteiger partial charge in [-0.1, -0.05) is 6.92 Å². The van der Waals surface area contributed by atoms with Crippen molar-refractivity contribution in [3.05, 3.63) is 29.6 Å². The van der Waals surface area contributed by atoms with Gasteiger partial charge in [-0.25, -0.2) is 4.39 Å². The summed E-state index contributed by atoms with van der Waals surface area (Å²) < 4.78 is 13.8. The third-order valence-electron chi connectivity index (χ3n) is 5.12. The fraction of sp³-hybridized carbons (Fsp3) is 0.611. The van der Waals surface area contributed by atoms with E-state index in [4.69, 9.17) is 0 Å². The van der Waals surface area contributed by atoms with Crippen LogP contribution >= 0.6 is 0 Å². The minimum absolute atomic E-state index is 0.0383. The number of amides is 1. The topological polar surface area (TPSA) is 47.6 Å². The maximum atomic E-state index is 13.8. The molecule has 132 valence electrons. The monoisotopic (exact) mass is 334 g/mol. The van der Waals surface area contributed by atoms with E-state index in [1.165, 1.54) is 6.07 Å². The molecule has 0 radical (unpaired) electrons. The van der Waals surface area contributed by atoms with Gasteiger partial charge in [0.1, 0.15) is 5.82 Å². The van der Waals surface area contributed by atoms with E-state index in [-0.39, 0.29) is 23.8 Å². The summed E-state index contributed by atoms with van der Waals surface area (Å²) in [6, 6.07) is 4.74. The summed E-state index contributed by atoms with van der Waals surface area (Å²) in [5.74, 6) is -0.193. The van der Waals surface area contributed by atoms with Crippen LogP contribution in [0.2, 0.25) is 0 Å². The Labute approximate surface area is 143 Å². The quantitative estimate of drug-likeness (QED) is 0.857. The first-order valence-electron chi connectivity index (χ1n) is 8.89. The second-order valence-corrected chi connectivity index (χ2v) is 6.65. The zero-order valence-corrected chi connectivity index (χ0v) is 14.5. The standard InChI is InChI=1S/C18H27FN4O/c1-3-22-8-10-23(11-9-22)17-5-4-14(19)12-15(17)13(2)21-16-6-7-20-18(16)24/h4-5,12-13,16,21H,3,6-11H2,1-2H3,(H,20,24)/t13-,16-/m1/s1. The van der Waals surface area contributed by atoms with Crippen molar-refractivity contribution in [2.75, 3.05) is 44.2 Å². The number of halogens is 1. The van der Waals surface area contributed by atoms with Crippen molar-refractivity contribution in [3.8, 4) is 0 Å². The van der Waals surface area contributed by atoms with Crippen molar-refractivity contribution in [2.24, 2.45) is 0 Å². The van der Waals surface area contributed by atoms with E-state index in [1.54, 1.807) is 6.07 Å². The van der Waals surface area contributed by atoms with E-state index in [1.807, 2.05) is 13.0 Å². The number of anilines is 1. The van der Waals surface area contributed by atoms with Gasteiger partial charge < -0.3 is 15.1 Å². The molecule has 0 saturated carbocycles. The van der Waals surface area contributed by atoms with Gasteiger partial charge >= 0.3 is 0 Å². The maximum absolute atomic E-state index is 13.8. The summed E-state index contributed by atoms with van der Waals surface area (Å²) in [5, 5.41) is 6.19. The highest BCUT2D eigenvalue weighted by Crippen LogP contribution is 2.29. The molecule has 0 bridgehead atoms. The van der Waals surface area contributed by atoms with Crippen LogP contribution < -0.4 is 15.5 Å². The summed E-state index contributed by atoms with van der Waals surface area (Å²) in [6.07, 6.45) is 0.781. The third kappa shape index (κ3) is 3.70. The Kier molecular flexibility index (Phi) is 5.36. The Bertz CT molecular complexity index is 586. The molecule has 2 saturated heterocycles. The first-order valence-corrected chi connectivity index (χ1v) is 8.89. The number of likely N-dealkylation sites (N-methyl/N-ethyl adjacent to an activating group) is 1. The largest absolute Gasteiger partial charge is 0.369 e. The molecular formula is C18H27FN4O. The third-order valence-corrected chi connectivity index (χ3v) is 5.12. The van der Waals surface area contributed by atoms with Crippen molar-refractivity contribution in [1.29, 1.82) is 0 Å². The zero-order valence-electron chi connectivity index (χ0n) is 14.5. The van der Waals surface area contributed by atoms with Crippen molar-refractivity contribution < 1.29 is 9.18 Å². The molecule has 1 aromatic rings. The molecule has 0 aromatic heterocycles. The number of hydrogen-bond donors (Lipinski definition) is 2. The Morgan fingerprint density at radius 1 is 1.33 bits per heavy atom. The SMILES string of the molecule is CCN1CCN(c2ccc(F)cc2[C@@H](C)N[C@@H]2CCNC2=O)CC1. The van der Waals surface area contributed by atoms with Gasteiger partial charge in [0.25, 0.3) is 0 Å². The lowest BCUT2D eigenvalue weighted by molar-refractivity contribution is -0.121. The summed E-state index contributed by atoms with van der Waals surface area (Å²) >= 11 is 0. The van der Waals surface area contributed by atoms with Gasteiger partial charge in [-0.15, -0.1) is 0 Å². The van der Waals surface area contributed by atoms with Gasteiger partial charge in [0.2, 0.25) is 5.91 Å². The molecule has 2 aliphatic heterocycles. The Morgan fingerprint density at radius 2 is 2.08 bits per heavy atom. The summed E-state index contributed by atoms with van der Waals surface area (Å²) in [4.78, 5) is 16.5. The van der Waals surface area contributed by atoms with Gasteiger partial charge in [-0.05, 0) is 43.7 Å². The summed E-state index contributed by atoms with van der Waals surface area (Å²) in [6.45, 7) is 9.91. The summed E-state index contributed by atoms with van der Waals surface area (Å²) in [5.41, 5.74) is 2.00. The molecule has 2 heterocycles. The number of hydrogen-bond acceptors (Lipinski definition) is 4. The molecule has 1 aromatic carbocycles. The molecule has 24 heavy (non-hydrogen) atoms. The molecule has 2 fully saturated rings. The number of nitrogens with one attached hydrogen (secondary N) is 2. The van der Waals surface area contributed by atoms with Crippen LogP contribution in [0.1, 0.15) is 31.9 Å². The molecule has 2 N–H and O–H groups in total. The first-order chi connectivity index (χ1) is 11.6. The van der Waals surface area contributed by atoms with Crippen LogP contribution in [0.3, 0.4) is 0 Å². The highest BCUT2D eigenvalue weighted by Gasteiger charge is 2.27. The summed E-state index contributed by atoms with van der Waals surface area (Å²) in [7, 11) is 0. The number of carbonyl (C=O) groups is 1. The number of benzene rings is 1. The van der Waals surface area contributed by atoms with Gasteiger partial charge in [0.15, 0.2) is 0 Å². The highest BCUT2D eigenvalue weighted by atomic mass is 19.1. The Hall–Kier alpha value is -1.66. The number of nitrogens with zero attached hydrogens (tertiary/aromatic N) is 2. The average molecular weight is 334 g/mol. The highest BCUT2D eigenvalue weighted by molar-refractivity contribution is 5.83. The molecular weight excluding hydrogens is 307 g/mol. The predicted octanol–water partition coefficient (Wildman–Crippen LogP) is 1.51. The smallest absolute Gasteiger partial charge is 0.237 e. The van der Waals surface area contributed by atoms with Crippen LogP contribution in [-0.4, -0.2) is 56.1 Å². The second-order valence-electron chi connectivity index (χ2n) is 6.65. The Morgan fingerprint density at radius 3 is 2.71 bits per heavy atom. The minimum atomic E-state index is -0.231. The number of rotatable bonds is 5. The maximum Gasteiger partial charge on any atom is 0.237 e. The van der Waals surface area contributed by atoms with Crippen molar-refractivity contribution in [1.82, 2.24) is 15.5 Å². The lowest BCUT2D eigenvalue weighted by atomic mass is 10.0. The molecule has 5 nitrogen and oxygen atoms in total. The van der Waals surface area contributed by atoms with Crippen LogP contribution in [0.5, 0.6) is 0 Å². The molecule has 3 rings (SSSR count). The minimum Gasteiger partial charge on any atom is -0.369 e.